The van der Waals surface area contributed by atoms with E-state index >= 15 is 0 Å². The molecule has 0 bridgehead atoms. The van der Waals surface area contributed by atoms with Gasteiger partial charge < -0.3 is 25.4 Å². The van der Waals surface area contributed by atoms with Crippen LogP contribution in [0, 0.1) is 0 Å². The van der Waals surface area contributed by atoms with Crippen molar-refractivity contribution >= 4 is 35.6 Å². The van der Waals surface area contributed by atoms with E-state index in [0.29, 0.717) is 36.9 Å². The average molecular weight is 396 g/mol. The normalized spacial score (nSPS) is 16.1. The molecule has 1 saturated heterocycles. The first kappa shape index (κ1) is 20.7. The number of carbonyl (C=O) groups is 2. The number of methoxy groups -OCH3 is 1. The molecular formula is C17H22ClN5O4. The van der Waals surface area contributed by atoms with Crippen molar-refractivity contribution in [3.8, 4) is 5.75 Å². The second-order valence-electron chi connectivity index (χ2n) is 5.77. The van der Waals surface area contributed by atoms with Crippen molar-refractivity contribution in [3.05, 3.63) is 36.7 Å². The number of carbonyl (C=O) groups excluding carboxylic acids is 2. The number of halogens is 1. The third-order valence-electron chi connectivity index (χ3n) is 3.82. The molecule has 9 nitrogen and oxygen atoms in total. The fourth-order valence-electron chi connectivity index (χ4n) is 2.50. The molecule has 0 spiro atoms. The van der Waals surface area contributed by atoms with E-state index in [1.165, 1.54) is 10.9 Å². The second kappa shape index (κ2) is 9.91. The van der Waals surface area contributed by atoms with Crippen molar-refractivity contribution in [2.24, 2.45) is 0 Å². The minimum absolute atomic E-state index is 0. The average Bonchev–Trinajstić information content (AvgIpc) is 3.09. The van der Waals surface area contributed by atoms with E-state index in [1.807, 2.05) is 0 Å². The highest BCUT2D eigenvalue weighted by Gasteiger charge is 2.21. The SMILES string of the molecule is COc1ccc(NC(=O)Cn2cc(NC(=O)C3COCCN3)cn2)cc1.Cl. The Bertz CT molecular complexity index is 759. The van der Waals surface area contributed by atoms with Gasteiger partial charge in [0, 0.05) is 18.4 Å². The highest BCUT2D eigenvalue weighted by atomic mass is 35.5. The zero-order valence-corrected chi connectivity index (χ0v) is 15.6. The van der Waals surface area contributed by atoms with Crippen molar-refractivity contribution in [2.75, 3.05) is 37.5 Å². The van der Waals surface area contributed by atoms with Crippen LogP contribution < -0.4 is 20.7 Å². The summed E-state index contributed by atoms with van der Waals surface area (Å²) in [7, 11) is 1.58. The summed E-state index contributed by atoms with van der Waals surface area (Å²) in [6, 6.07) is 6.65. The van der Waals surface area contributed by atoms with Crippen LogP contribution in [0.2, 0.25) is 0 Å². The van der Waals surface area contributed by atoms with E-state index < -0.39 is 0 Å². The molecule has 1 aromatic carbocycles. The molecule has 0 saturated carbocycles. The number of rotatable bonds is 6. The van der Waals surface area contributed by atoms with Crippen LogP contribution in [0.15, 0.2) is 36.7 Å². The molecule has 1 fully saturated rings. The number of nitrogens with zero attached hydrogens (tertiary/aromatic N) is 2. The minimum atomic E-state index is -0.384. The first-order valence-electron chi connectivity index (χ1n) is 8.22. The predicted octanol–water partition coefficient (Wildman–Crippen LogP) is 0.879. The lowest BCUT2D eigenvalue weighted by Gasteiger charge is -2.22. The zero-order chi connectivity index (χ0) is 18.4. The molecule has 10 heteroatoms. The lowest BCUT2D eigenvalue weighted by molar-refractivity contribution is -0.120. The Labute approximate surface area is 162 Å². The van der Waals surface area contributed by atoms with Crippen LogP contribution in [0.5, 0.6) is 5.75 Å². The minimum Gasteiger partial charge on any atom is -0.497 e. The third-order valence-corrected chi connectivity index (χ3v) is 3.82. The molecule has 146 valence electrons. The van der Waals surface area contributed by atoms with Crippen LogP contribution in [0.4, 0.5) is 11.4 Å². The van der Waals surface area contributed by atoms with E-state index in [9.17, 15) is 9.59 Å². The number of hydrogen-bond donors (Lipinski definition) is 3. The molecule has 0 aliphatic carbocycles. The Morgan fingerprint density at radius 2 is 2.07 bits per heavy atom. The Morgan fingerprint density at radius 1 is 1.30 bits per heavy atom. The summed E-state index contributed by atoms with van der Waals surface area (Å²) in [4.78, 5) is 24.2. The summed E-state index contributed by atoms with van der Waals surface area (Å²) in [5, 5.41) is 12.7. The summed E-state index contributed by atoms with van der Waals surface area (Å²) in [5.74, 6) is 0.304. The van der Waals surface area contributed by atoms with Gasteiger partial charge in [0.15, 0.2) is 0 Å². The zero-order valence-electron chi connectivity index (χ0n) is 14.8. The number of nitrogens with one attached hydrogen (secondary N) is 3. The van der Waals surface area contributed by atoms with Crippen molar-refractivity contribution in [1.29, 1.82) is 0 Å². The fraction of sp³-hybridized carbons (Fsp3) is 0.353. The molecule has 3 N–H and O–H groups in total. The van der Waals surface area contributed by atoms with E-state index in [0.717, 1.165) is 0 Å². The number of amides is 2. The third kappa shape index (κ3) is 5.95. The topological polar surface area (TPSA) is 107 Å². The van der Waals surface area contributed by atoms with Crippen LogP contribution in [0.1, 0.15) is 0 Å². The summed E-state index contributed by atoms with van der Waals surface area (Å²) >= 11 is 0. The summed E-state index contributed by atoms with van der Waals surface area (Å²) in [6.45, 7) is 1.62. The highest BCUT2D eigenvalue weighted by molar-refractivity contribution is 5.95. The number of aromatic nitrogens is 2. The lowest BCUT2D eigenvalue weighted by atomic mass is 10.2. The Kier molecular flexibility index (Phi) is 7.59. The van der Waals surface area contributed by atoms with Gasteiger partial charge in [-0.15, -0.1) is 12.4 Å². The van der Waals surface area contributed by atoms with Crippen LogP contribution in [-0.2, 0) is 20.9 Å². The molecule has 2 aromatic rings. The molecule has 2 amide bonds. The molecule has 0 radical (unpaired) electrons. The van der Waals surface area contributed by atoms with E-state index in [4.69, 9.17) is 9.47 Å². The Morgan fingerprint density at radius 3 is 2.74 bits per heavy atom. The van der Waals surface area contributed by atoms with E-state index in [-0.39, 0.29) is 36.8 Å². The van der Waals surface area contributed by atoms with Gasteiger partial charge in [0.05, 0.1) is 32.2 Å². The van der Waals surface area contributed by atoms with Gasteiger partial charge in [0.1, 0.15) is 18.3 Å². The van der Waals surface area contributed by atoms with Gasteiger partial charge in [-0.1, -0.05) is 0 Å². The maximum atomic E-state index is 12.1. The summed E-state index contributed by atoms with van der Waals surface area (Å²) in [5.41, 5.74) is 1.19. The molecule has 1 aliphatic heterocycles. The molecule has 1 atom stereocenters. The van der Waals surface area contributed by atoms with Gasteiger partial charge in [-0.2, -0.15) is 5.10 Å². The fourth-order valence-corrected chi connectivity index (χ4v) is 2.50. The quantitative estimate of drug-likeness (QED) is 0.670. The predicted molar refractivity (Wildman–Crippen MR) is 102 cm³/mol. The Balaban J connectivity index is 0.00000261. The molecular weight excluding hydrogens is 374 g/mol. The lowest BCUT2D eigenvalue weighted by Crippen LogP contribution is -2.48. The van der Waals surface area contributed by atoms with Crippen molar-refractivity contribution < 1.29 is 19.1 Å². The van der Waals surface area contributed by atoms with Gasteiger partial charge in [0.2, 0.25) is 11.8 Å². The molecule has 27 heavy (non-hydrogen) atoms. The highest BCUT2D eigenvalue weighted by Crippen LogP contribution is 2.15. The van der Waals surface area contributed by atoms with Crippen molar-refractivity contribution in [1.82, 2.24) is 15.1 Å². The van der Waals surface area contributed by atoms with Gasteiger partial charge >= 0.3 is 0 Å². The second-order valence-corrected chi connectivity index (χ2v) is 5.77. The number of morpholine rings is 1. The first-order valence-corrected chi connectivity index (χ1v) is 8.22. The molecule has 1 unspecified atom stereocenters. The maximum Gasteiger partial charge on any atom is 0.246 e. The smallest absolute Gasteiger partial charge is 0.246 e. The number of benzene rings is 1. The van der Waals surface area contributed by atoms with Crippen molar-refractivity contribution in [2.45, 2.75) is 12.6 Å². The van der Waals surface area contributed by atoms with Crippen molar-refractivity contribution in [3.63, 3.8) is 0 Å². The van der Waals surface area contributed by atoms with Crippen LogP contribution in [0.25, 0.3) is 0 Å². The van der Waals surface area contributed by atoms with Gasteiger partial charge in [-0.25, -0.2) is 0 Å². The molecule has 1 aromatic heterocycles. The molecule has 2 heterocycles. The molecule has 1 aliphatic rings. The summed E-state index contributed by atoms with van der Waals surface area (Å²) < 4.78 is 11.8. The monoisotopic (exact) mass is 395 g/mol. The standard InChI is InChI=1S/C17H21N5O4.ClH/c1-25-14-4-2-12(3-5-14)20-16(23)10-22-9-13(8-19-22)21-17(24)15-11-26-7-6-18-15;/h2-5,8-9,15,18H,6-7,10-11H2,1H3,(H,20,23)(H,21,24);1H. The Hall–Kier alpha value is -2.62. The van der Waals surface area contributed by atoms with E-state index in [2.05, 4.69) is 21.0 Å². The largest absolute Gasteiger partial charge is 0.497 e. The maximum absolute atomic E-state index is 12.1. The van der Waals surface area contributed by atoms with Crippen LogP contribution >= 0.6 is 12.4 Å². The van der Waals surface area contributed by atoms with Gasteiger partial charge in [-0.05, 0) is 24.3 Å². The number of ether oxygens (including phenoxy) is 2. The number of hydrogen-bond acceptors (Lipinski definition) is 6. The summed E-state index contributed by atoms with van der Waals surface area (Å²) in [6.07, 6.45) is 3.11. The van der Waals surface area contributed by atoms with E-state index in [1.54, 1.807) is 37.6 Å². The van der Waals surface area contributed by atoms with Gasteiger partial charge in [0.25, 0.3) is 0 Å². The van der Waals surface area contributed by atoms with Crippen LogP contribution in [0.3, 0.4) is 0 Å². The first-order chi connectivity index (χ1) is 12.6. The molecule has 3 rings (SSSR count). The van der Waals surface area contributed by atoms with Crippen LogP contribution in [-0.4, -0.2) is 54.5 Å². The number of anilines is 2. The van der Waals surface area contributed by atoms with Gasteiger partial charge in [-0.3, -0.25) is 14.3 Å².